The summed E-state index contributed by atoms with van der Waals surface area (Å²) in [5, 5.41) is 1.82. The van der Waals surface area contributed by atoms with Crippen molar-refractivity contribution in [2.24, 2.45) is 0 Å². The molecule has 2 aromatic heterocycles. The summed E-state index contributed by atoms with van der Waals surface area (Å²) in [6.07, 6.45) is 0. The van der Waals surface area contributed by atoms with Crippen molar-refractivity contribution < 1.29 is 14.0 Å². The molecule has 7 nitrogen and oxygen atoms in total. The number of halogens is 1. The highest BCUT2D eigenvalue weighted by atomic mass is 32.1. The van der Waals surface area contributed by atoms with E-state index in [-0.39, 0.29) is 12.1 Å². The first-order valence-electron chi connectivity index (χ1n) is 8.24. The second-order valence-corrected chi connectivity index (χ2v) is 7.15. The second-order valence-electron chi connectivity index (χ2n) is 6.31. The lowest BCUT2D eigenvalue weighted by Crippen LogP contribution is -2.34. The molecule has 1 saturated heterocycles. The number of imide groups is 1. The molecule has 27 heavy (non-hydrogen) atoms. The van der Waals surface area contributed by atoms with Crippen LogP contribution in [0.1, 0.15) is 18.3 Å². The number of rotatable bonds is 3. The van der Waals surface area contributed by atoms with Crippen molar-refractivity contribution in [3.05, 3.63) is 63.3 Å². The van der Waals surface area contributed by atoms with Crippen molar-refractivity contribution in [2.45, 2.75) is 26.4 Å². The molecule has 3 heterocycles. The van der Waals surface area contributed by atoms with E-state index in [0.29, 0.717) is 16.3 Å². The molecule has 9 heteroatoms. The molecule has 0 N–H and O–H groups in total. The number of anilines is 1. The number of nitrogens with zero attached hydrogens (tertiary/aromatic N) is 4. The molecule has 1 aliphatic heterocycles. The quantitative estimate of drug-likeness (QED) is 0.649. The van der Waals surface area contributed by atoms with Gasteiger partial charge in [-0.25, -0.2) is 14.2 Å². The van der Waals surface area contributed by atoms with Crippen LogP contribution < -0.4 is 10.5 Å². The van der Waals surface area contributed by atoms with E-state index in [1.807, 2.05) is 12.3 Å². The average molecular weight is 386 g/mol. The van der Waals surface area contributed by atoms with Gasteiger partial charge in [0.2, 0.25) is 0 Å². The molecule has 0 unspecified atom stereocenters. The van der Waals surface area contributed by atoms with E-state index in [1.54, 1.807) is 6.92 Å². The molecule has 0 saturated carbocycles. The summed E-state index contributed by atoms with van der Waals surface area (Å²) < 4.78 is 14.6. The molecule has 0 radical (unpaired) electrons. The Bertz CT molecular complexity index is 1120. The first-order chi connectivity index (χ1) is 12.9. The van der Waals surface area contributed by atoms with Crippen LogP contribution in [-0.2, 0) is 11.3 Å². The van der Waals surface area contributed by atoms with Crippen molar-refractivity contribution in [3.8, 4) is 0 Å². The highest BCUT2D eigenvalue weighted by molar-refractivity contribution is 7.15. The molecule has 1 atom stereocenters. The van der Waals surface area contributed by atoms with Gasteiger partial charge in [0.25, 0.3) is 11.5 Å². The monoisotopic (exact) mass is 386 g/mol. The van der Waals surface area contributed by atoms with Crippen molar-refractivity contribution >= 4 is 33.9 Å². The maximum atomic E-state index is 13.2. The fraction of sp³-hybridized carbons (Fsp3) is 0.222. The van der Waals surface area contributed by atoms with Crippen molar-refractivity contribution in [3.63, 3.8) is 0 Å². The average Bonchev–Trinajstić information content (AvgIpc) is 3.10. The third-order valence-electron chi connectivity index (χ3n) is 4.50. The van der Waals surface area contributed by atoms with Gasteiger partial charge in [0.1, 0.15) is 11.9 Å². The number of aryl methyl sites for hydroxylation is 1. The zero-order chi connectivity index (χ0) is 19.3. The predicted octanol–water partition coefficient (Wildman–Crippen LogP) is 2.56. The molecule has 3 amide bonds. The summed E-state index contributed by atoms with van der Waals surface area (Å²) in [6, 6.07) is 5.45. The number of urea groups is 1. The van der Waals surface area contributed by atoms with Gasteiger partial charge in [-0.3, -0.25) is 23.8 Å². The van der Waals surface area contributed by atoms with Crippen LogP contribution in [-0.4, -0.2) is 32.3 Å². The Kier molecular flexibility index (Phi) is 4.03. The minimum atomic E-state index is -0.725. The van der Waals surface area contributed by atoms with Gasteiger partial charge in [0.05, 0.1) is 12.2 Å². The highest BCUT2D eigenvalue weighted by Gasteiger charge is 2.43. The molecule has 1 aliphatic rings. The maximum Gasteiger partial charge on any atom is 0.332 e. The Morgan fingerprint density at radius 2 is 1.89 bits per heavy atom. The summed E-state index contributed by atoms with van der Waals surface area (Å²) in [5.41, 5.74) is 1.30. The predicted molar refractivity (Wildman–Crippen MR) is 98.4 cm³/mol. The molecule has 0 aliphatic carbocycles. The Hall–Kier alpha value is -3.07. The summed E-state index contributed by atoms with van der Waals surface area (Å²) in [6.45, 7) is 3.32. The van der Waals surface area contributed by atoms with Crippen molar-refractivity contribution in [2.75, 3.05) is 4.90 Å². The molecule has 1 fully saturated rings. The van der Waals surface area contributed by atoms with Crippen LogP contribution in [0.5, 0.6) is 0 Å². The fourth-order valence-corrected chi connectivity index (χ4v) is 4.04. The van der Waals surface area contributed by atoms with Crippen molar-refractivity contribution in [1.82, 2.24) is 14.3 Å². The topological polar surface area (TPSA) is 75.0 Å². The standard InChI is InChI=1S/C18H15FN4O3S/c1-10-9-27-17-20-13(7-15(24)22(10)17)8-21-16(25)11(2)23(18(21)26)14-5-3-12(19)4-6-14/h3-7,9,11H,8H2,1-2H3/t11-/m1/s1. The van der Waals surface area contributed by atoms with Gasteiger partial charge in [-0.15, -0.1) is 11.3 Å². The zero-order valence-corrected chi connectivity index (χ0v) is 15.4. The van der Waals surface area contributed by atoms with Crippen molar-refractivity contribution in [1.29, 1.82) is 0 Å². The van der Waals surface area contributed by atoms with Gasteiger partial charge in [-0.1, -0.05) is 0 Å². The number of thiazole rings is 1. The SMILES string of the molecule is Cc1csc2nc(CN3C(=O)[C@@H](C)N(c4ccc(F)cc4)C3=O)cc(=O)n12. The van der Waals surface area contributed by atoms with Crippen LogP contribution >= 0.6 is 11.3 Å². The van der Waals surface area contributed by atoms with Crippen LogP contribution in [0, 0.1) is 12.7 Å². The normalized spacial score (nSPS) is 17.4. The molecular formula is C18H15FN4O3S. The Balaban J connectivity index is 1.66. The van der Waals surface area contributed by atoms with E-state index in [2.05, 4.69) is 4.98 Å². The van der Waals surface area contributed by atoms with Crippen LogP contribution in [0.2, 0.25) is 0 Å². The maximum absolute atomic E-state index is 13.2. The number of carbonyl (C=O) groups excluding carboxylic acids is 2. The number of hydrogen-bond acceptors (Lipinski definition) is 5. The van der Waals surface area contributed by atoms with E-state index in [9.17, 15) is 18.8 Å². The van der Waals surface area contributed by atoms with E-state index < -0.39 is 23.8 Å². The Labute approximate surface area is 157 Å². The smallest absolute Gasteiger partial charge is 0.282 e. The van der Waals surface area contributed by atoms with Crippen LogP contribution in [0.15, 0.2) is 40.5 Å². The number of fused-ring (bicyclic) bond motifs is 1. The second kappa shape index (κ2) is 6.27. The van der Waals surface area contributed by atoms with Crippen LogP contribution in [0.3, 0.4) is 0 Å². The first-order valence-corrected chi connectivity index (χ1v) is 9.11. The zero-order valence-electron chi connectivity index (χ0n) is 14.5. The Morgan fingerprint density at radius 3 is 2.59 bits per heavy atom. The summed E-state index contributed by atoms with van der Waals surface area (Å²) in [7, 11) is 0. The van der Waals surface area contributed by atoms with E-state index in [0.717, 1.165) is 10.6 Å². The summed E-state index contributed by atoms with van der Waals surface area (Å²) in [5.74, 6) is -0.820. The summed E-state index contributed by atoms with van der Waals surface area (Å²) >= 11 is 1.32. The molecule has 138 valence electrons. The minimum Gasteiger partial charge on any atom is -0.282 e. The van der Waals surface area contributed by atoms with Gasteiger partial charge >= 0.3 is 6.03 Å². The molecule has 4 rings (SSSR count). The minimum absolute atomic E-state index is 0.0949. The third kappa shape index (κ3) is 2.80. The van der Waals surface area contributed by atoms with Crippen LogP contribution in [0.4, 0.5) is 14.9 Å². The number of carbonyl (C=O) groups is 2. The summed E-state index contributed by atoms with van der Waals surface area (Å²) in [4.78, 5) is 45.0. The third-order valence-corrected chi connectivity index (χ3v) is 5.44. The number of hydrogen-bond donors (Lipinski definition) is 0. The van der Waals surface area contributed by atoms with Crippen LogP contribution in [0.25, 0.3) is 4.96 Å². The molecule has 3 aromatic rings. The van der Waals surface area contributed by atoms with E-state index in [4.69, 9.17) is 0 Å². The van der Waals surface area contributed by atoms with E-state index in [1.165, 1.54) is 51.0 Å². The lowest BCUT2D eigenvalue weighted by molar-refractivity contribution is -0.127. The lowest BCUT2D eigenvalue weighted by Gasteiger charge is -2.19. The molecule has 0 spiro atoms. The number of aromatic nitrogens is 2. The highest BCUT2D eigenvalue weighted by Crippen LogP contribution is 2.27. The first kappa shape index (κ1) is 17.3. The molecule has 1 aromatic carbocycles. The largest absolute Gasteiger partial charge is 0.332 e. The van der Waals surface area contributed by atoms with Gasteiger partial charge in [-0.2, -0.15) is 0 Å². The van der Waals surface area contributed by atoms with Gasteiger partial charge in [0, 0.05) is 22.8 Å². The molecule has 0 bridgehead atoms. The fourth-order valence-electron chi connectivity index (χ4n) is 3.15. The van der Waals surface area contributed by atoms with Gasteiger partial charge in [0.15, 0.2) is 4.96 Å². The molecular weight excluding hydrogens is 371 g/mol. The van der Waals surface area contributed by atoms with E-state index >= 15 is 0 Å². The number of amides is 3. The number of benzene rings is 1. The van der Waals surface area contributed by atoms with Gasteiger partial charge < -0.3 is 0 Å². The van der Waals surface area contributed by atoms with Gasteiger partial charge in [-0.05, 0) is 38.1 Å². The Morgan fingerprint density at radius 1 is 1.19 bits per heavy atom. The lowest BCUT2D eigenvalue weighted by atomic mass is 10.2.